The predicted molar refractivity (Wildman–Crippen MR) is 94.0 cm³/mol. The summed E-state index contributed by atoms with van der Waals surface area (Å²) in [5.74, 6) is 0.534. The molecule has 0 spiro atoms. The van der Waals surface area contributed by atoms with Crippen molar-refractivity contribution in [3.63, 3.8) is 0 Å². The van der Waals surface area contributed by atoms with Crippen LogP contribution in [0.25, 0.3) is 10.8 Å². The van der Waals surface area contributed by atoms with Crippen molar-refractivity contribution in [2.75, 3.05) is 11.9 Å². The van der Waals surface area contributed by atoms with Crippen LogP contribution in [0.15, 0.2) is 60.7 Å². The average Bonchev–Trinajstić information content (AvgIpc) is 2.57. The van der Waals surface area contributed by atoms with Crippen molar-refractivity contribution in [1.29, 1.82) is 0 Å². The summed E-state index contributed by atoms with van der Waals surface area (Å²) in [6.07, 6.45) is 0. The van der Waals surface area contributed by atoms with Crippen molar-refractivity contribution in [1.82, 2.24) is 0 Å². The molecule has 0 aliphatic rings. The third kappa shape index (κ3) is 3.51. The number of carbonyl (C=O) groups is 1. The van der Waals surface area contributed by atoms with Crippen molar-refractivity contribution in [2.45, 2.75) is 13.8 Å². The third-order valence-corrected chi connectivity index (χ3v) is 3.97. The summed E-state index contributed by atoms with van der Waals surface area (Å²) in [4.78, 5) is 12.1. The average molecular weight is 305 g/mol. The highest BCUT2D eigenvalue weighted by Gasteiger charge is 2.07. The van der Waals surface area contributed by atoms with E-state index in [1.165, 1.54) is 0 Å². The van der Waals surface area contributed by atoms with E-state index < -0.39 is 0 Å². The predicted octanol–water partition coefficient (Wildman–Crippen LogP) is 4.47. The molecule has 23 heavy (non-hydrogen) atoms. The van der Waals surface area contributed by atoms with E-state index in [1.54, 1.807) is 0 Å². The van der Waals surface area contributed by atoms with Crippen molar-refractivity contribution in [3.8, 4) is 5.75 Å². The highest BCUT2D eigenvalue weighted by Crippen LogP contribution is 2.21. The molecular weight excluding hydrogens is 286 g/mol. The van der Waals surface area contributed by atoms with Crippen LogP contribution < -0.4 is 10.1 Å². The van der Waals surface area contributed by atoms with Gasteiger partial charge in [-0.15, -0.1) is 0 Å². The van der Waals surface area contributed by atoms with Gasteiger partial charge in [-0.2, -0.15) is 0 Å². The van der Waals surface area contributed by atoms with E-state index in [4.69, 9.17) is 4.74 Å². The summed E-state index contributed by atoms with van der Waals surface area (Å²) in [5.41, 5.74) is 3.06. The maximum Gasteiger partial charge on any atom is 0.262 e. The summed E-state index contributed by atoms with van der Waals surface area (Å²) in [6, 6.07) is 19.7. The molecule has 3 aromatic rings. The SMILES string of the molecule is Cc1cccc(NC(=O)COc2ccc3ccccc3c2)c1C. The van der Waals surface area contributed by atoms with Crippen molar-refractivity contribution in [3.05, 3.63) is 71.8 Å². The Kier molecular flexibility index (Phi) is 4.29. The van der Waals surface area contributed by atoms with E-state index in [9.17, 15) is 4.79 Å². The Morgan fingerprint density at radius 2 is 1.74 bits per heavy atom. The first kappa shape index (κ1) is 15.1. The van der Waals surface area contributed by atoms with Gasteiger partial charge in [-0.25, -0.2) is 0 Å². The van der Waals surface area contributed by atoms with Gasteiger partial charge in [0.05, 0.1) is 0 Å². The maximum absolute atomic E-state index is 12.1. The normalized spacial score (nSPS) is 10.5. The van der Waals surface area contributed by atoms with Crippen molar-refractivity contribution >= 4 is 22.4 Å². The van der Waals surface area contributed by atoms with Crippen LogP contribution in [0, 0.1) is 13.8 Å². The van der Waals surface area contributed by atoms with E-state index in [-0.39, 0.29) is 12.5 Å². The summed E-state index contributed by atoms with van der Waals surface area (Å²) < 4.78 is 5.61. The fourth-order valence-electron chi connectivity index (χ4n) is 2.48. The van der Waals surface area contributed by atoms with Gasteiger partial charge in [0.1, 0.15) is 5.75 Å². The van der Waals surface area contributed by atoms with Gasteiger partial charge in [0, 0.05) is 5.69 Å². The maximum atomic E-state index is 12.1. The molecule has 1 amide bonds. The highest BCUT2D eigenvalue weighted by atomic mass is 16.5. The van der Waals surface area contributed by atoms with Gasteiger partial charge in [-0.1, -0.05) is 42.5 Å². The third-order valence-electron chi connectivity index (χ3n) is 3.97. The monoisotopic (exact) mass is 305 g/mol. The minimum atomic E-state index is -0.160. The lowest BCUT2D eigenvalue weighted by Crippen LogP contribution is -2.20. The fraction of sp³-hybridized carbons (Fsp3) is 0.150. The number of rotatable bonds is 4. The standard InChI is InChI=1S/C20H19NO2/c1-14-6-5-9-19(15(14)2)21-20(22)13-23-18-11-10-16-7-3-4-8-17(16)12-18/h3-12H,13H2,1-2H3,(H,21,22). The van der Waals surface area contributed by atoms with Gasteiger partial charge in [0.15, 0.2) is 6.61 Å². The lowest BCUT2D eigenvalue weighted by Gasteiger charge is -2.11. The molecule has 0 heterocycles. The molecule has 0 aromatic heterocycles. The number of nitrogens with one attached hydrogen (secondary N) is 1. The second-order valence-corrected chi connectivity index (χ2v) is 5.59. The van der Waals surface area contributed by atoms with Gasteiger partial charge in [0.25, 0.3) is 5.91 Å². The summed E-state index contributed by atoms with van der Waals surface area (Å²) in [5, 5.41) is 5.14. The van der Waals surface area contributed by atoms with Crippen molar-refractivity contribution < 1.29 is 9.53 Å². The van der Waals surface area contributed by atoms with Gasteiger partial charge < -0.3 is 10.1 Å². The van der Waals surface area contributed by atoms with Crippen LogP contribution >= 0.6 is 0 Å². The number of aryl methyl sites for hydroxylation is 1. The number of ether oxygens (including phenoxy) is 1. The molecule has 0 fully saturated rings. The Balaban J connectivity index is 1.65. The quantitative estimate of drug-likeness (QED) is 0.772. The molecule has 0 saturated carbocycles. The zero-order valence-electron chi connectivity index (χ0n) is 13.3. The Hall–Kier alpha value is -2.81. The lowest BCUT2D eigenvalue weighted by molar-refractivity contribution is -0.118. The molecule has 0 radical (unpaired) electrons. The molecular formula is C20H19NO2. The minimum absolute atomic E-state index is 0.00821. The summed E-state index contributed by atoms with van der Waals surface area (Å²) >= 11 is 0. The molecule has 0 unspecified atom stereocenters. The molecule has 0 bridgehead atoms. The second kappa shape index (κ2) is 6.53. The highest BCUT2D eigenvalue weighted by molar-refractivity contribution is 5.93. The smallest absolute Gasteiger partial charge is 0.262 e. The van der Waals surface area contributed by atoms with Crippen LogP contribution in [0.2, 0.25) is 0 Å². The number of fused-ring (bicyclic) bond motifs is 1. The van der Waals surface area contributed by atoms with Crippen molar-refractivity contribution in [2.24, 2.45) is 0 Å². The zero-order chi connectivity index (χ0) is 16.2. The van der Waals surface area contributed by atoms with E-state index in [2.05, 4.69) is 5.32 Å². The van der Waals surface area contributed by atoms with Gasteiger partial charge >= 0.3 is 0 Å². The lowest BCUT2D eigenvalue weighted by atomic mass is 10.1. The van der Waals surface area contributed by atoms with E-state index in [0.29, 0.717) is 5.75 Å². The van der Waals surface area contributed by atoms with Crippen LogP contribution in [0.1, 0.15) is 11.1 Å². The molecule has 116 valence electrons. The van der Waals surface area contributed by atoms with E-state index in [0.717, 1.165) is 27.6 Å². The van der Waals surface area contributed by atoms with E-state index in [1.807, 2.05) is 74.5 Å². The molecule has 0 aliphatic carbocycles. The summed E-state index contributed by atoms with van der Waals surface area (Å²) in [7, 11) is 0. The second-order valence-electron chi connectivity index (χ2n) is 5.59. The number of carbonyl (C=O) groups excluding carboxylic acids is 1. The van der Waals surface area contributed by atoms with Gasteiger partial charge in [-0.3, -0.25) is 4.79 Å². The molecule has 3 heteroatoms. The van der Waals surface area contributed by atoms with Crippen LogP contribution in [-0.2, 0) is 4.79 Å². The molecule has 0 saturated heterocycles. The number of amides is 1. The Morgan fingerprint density at radius 1 is 0.957 bits per heavy atom. The molecule has 1 N–H and O–H groups in total. The number of hydrogen-bond donors (Lipinski definition) is 1. The largest absolute Gasteiger partial charge is 0.484 e. The minimum Gasteiger partial charge on any atom is -0.484 e. The number of anilines is 1. The Labute approximate surface area is 135 Å². The molecule has 3 aromatic carbocycles. The number of benzene rings is 3. The Bertz CT molecular complexity index is 855. The van der Waals surface area contributed by atoms with Crippen LogP contribution in [0.5, 0.6) is 5.75 Å². The first-order valence-corrected chi connectivity index (χ1v) is 7.61. The molecule has 0 atom stereocenters. The van der Waals surface area contributed by atoms with Crippen LogP contribution in [0.3, 0.4) is 0 Å². The Morgan fingerprint density at radius 3 is 2.57 bits per heavy atom. The summed E-state index contributed by atoms with van der Waals surface area (Å²) in [6.45, 7) is 4.01. The van der Waals surface area contributed by atoms with Gasteiger partial charge in [-0.05, 0) is 53.9 Å². The van der Waals surface area contributed by atoms with Gasteiger partial charge in [0.2, 0.25) is 0 Å². The van der Waals surface area contributed by atoms with E-state index >= 15 is 0 Å². The number of hydrogen-bond acceptors (Lipinski definition) is 2. The van der Waals surface area contributed by atoms with Crippen LogP contribution in [0.4, 0.5) is 5.69 Å². The first-order valence-electron chi connectivity index (χ1n) is 7.61. The fourth-order valence-corrected chi connectivity index (χ4v) is 2.48. The topological polar surface area (TPSA) is 38.3 Å². The first-order chi connectivity index (χ1) is 11.1. The molecule has 3 rings (SSSR count). The molecule has 0 aliphatic heterocycles. The molecule has 3 nitrogen and oxygen atoms in total. The van der Waals surface area contributed by atoms with Crippen LogP contribution in [-0.4, -0.2) is 12.5 Å². The zero-order valence-corrected chi connectivity index (χ0v) is 13.3.